The van der Waals surface area contributed by atoms with E-state index in [0.29, 0.717) is 0 Å². The summed E-state index contributed by atoms with van der Waals surface area (Å²) in [5, 5.41) is 0. The Morgan fingerprint density at radius 3 is 1.86 bits per heavy atom. The Kier molecular flexibility index (Phi) is 4.53. The number of hydrogen-bond acceptors (Lipinski definition) is 0. The Bertz CT molecular complexity index is 640. The molecule has 0 nitrogen and oxygen atoms in total. The van der Waals surface area contributed by atoms with Crippen molar-refractivity contribution < 1.29 is 0 Å². The summed E-state index contributed by atoms with van der Waals surface area (Å²) >= 11 is 2.44. The van der Waals surface area contributed by atoms with Crippen LogP contribution in [0.15, 0.2) is 42.5 Å². The molecule has 0 spiro atoms. The summed E-state index contributed by atoms with van der Waals surface area (Å²) in [5.74, 6) is 0. The Hall–Kier alpha value is -0.830. The lowest BCUT2D eigenvalue weighted by molar-refractivity contribution is 0.589. The molecule has 0 atom stereocenters. The monoisotopic (exact) mass is 392 g/mol. The first-order valence-electron chi connectivity index (χ1n) is 7.50. The van der Waals surface area contributed by atoms with Gasteiger partial charge in [0.15, 0.2) is 0 Å². The Morgan fingerprint density at radius 1 is 0.714 bits per heavy atom. The van der Waals surface area contributed by atoms with Crippen LogP contribution in [0.5, 0.6) is 0 Å². The van der Waals surface area contributed by atoms with Crippen LogP contribution in [0.4, 0.5) is 0 Å². The van der Waals surface area contributed by atoms with E-state index >= 15 is 0 Å². The summed E-state index contributed by atoms with van der Waals surface area (Å²) in [4.78, 5) is 0. The highest BCUT2D eigenvalue weighted by atomic mass is 127. The van der Waals surface area contributed by atoms with Crippen molar-refractivity contribution in [3.05, 3.63) is 57.2 Å². The maximum absolute atomic E-state index is 2.44. The molecule has 2 rings (SSSR count). The molecule has 0 saturated carbocycles. The summed E-state index contributed by atoms with van der Waals surface area (Å²) < 4.78 is 1.31. The van der Waals surface area contributed by atoms with Crippen molar-refractivity contribution in [1.29, 1.82) is 0 Å². The summed E-state index contributed by atoms with van der Waals surface area (Å²) in [6.07, 6.45) is 0. The third-order valence-corrected chi connectivity index (χ3v) is 4.81. The third kappa shape index (κ3) is 3.88. The van der Waals surface area contributed by atoms with E-state index in [1.807, 2.05) is 0 Å². The number of halogens is 1. The molecule has 0 unspecified atom stereocenters. The molecule has 2 aromatic carbocycles. The lowest BCUT2D eigenvalue weighted by Gasteiger charge is -2.22. The maximum Gasteiger partial charge on any atom is 0.0208 e. The van der Waals surface area contributed by atoms with E-state index in [1.165, 1.54) is 25.8 Å². The van der Waals surface area contributed by atoms with E-state index in [0.717, 1.165) is 0 Å². The van der Waals surface area contributed by atoms with Crippen molar-refractivity contribution in [2.24, 2.45) is 0 Å². The minimum Gasteiger partial charge on any atom is -0.0614 e. The van der Waals surface area contributed by atoms with Gasteiger partial charge in [0, 0.05) is 3.57 Å². The van der Waals surface area contributed by atoms with Crippen LogP contribution in [0.1, 0.15) is 52.7 Å². The molecule has 0 fully saturated rings. The fourth-order valence-electron chi connectivity index (χ4n) is 2.37. The molecular weight excluding hydrogens is 367 g/mol. The van der Waals surface area contributed by atoms with Crippen molar-refractivity contribution >= 4 is 22.6 Å². The molecule has 0 heterocycles. The first kappa shape index (κ1) is 16.5. The fraction of sp³-hybridized carbons (Fsp3) is 0.400. The van der Waals surface area contributed by atoms with E-state index in [4.69, 9.17) is 0 Å². The molecule has 0 aliphatic heterocycles. The SMILES string of the molecule is CC(C)(C)c1cccc(-c2cc(C(C)(C)C)ccc2I)c1. The second-order valence-electron chi connectivity index (χ2n) is 7.78. The van der Waals surface area contributed by atoms with Gasteiger partial charge in [0.2, 0.25) is 0 Å². The normalized spacial score (nSPS) is 12.5. The van der Waals surface area contributed by atoms with Gasteiger partial charge in [-0.2, -0.15) is 0 Å². The maximum atomic E-state index is 2.44. The predicted molar refractivity (Wildman–Crippen MR) is 102 cm³/mol. The highest BCUT2D eigenvalue weighted by molar-refractivity contribution is 14.1. The molecule has 0 aromatic heterocycles. The molecule has 0 amide bonds. The molecule has 1 heteroatoms. The second-order valence-corrected chi connectivity index (χ2v) is 8.94. The zero-order valence-corrected chi connectivity index (χ0v) is 16.1. The fourth-order valence-corrected chi connectivity index (χ4v) is 3.01. The molecule has 0 N–H and O–H groups in total. The summed E-state index contributed by atoms with van der Waals surface area (Å²) in [7, 11) is 0. The molecule has 2 aromatic rings. The number of benzene rings is 2. The van der Waals surface area contributed by atoms with Crippen LogP contribution >= 0.6 is 22.6 Å². The van der Waals surface area contributed by atoms with Crippen molar-refractivity contribution in [2.45, 2.75) is 52.4 Å². The van der Waals surface area contributed by atoms with Crippen molar-refractivity contribution in [1.82, 2.24) is 0 Å². The first-order valence-corrected chi connectivity index (χ1v) is 8.58. The van der Waals surface area contributed by atoms with Gasteiger partial charge in [-0.25, -0.2) is 0 Å². The van der Waals surface area contributed by atoms with Gasteiger partial charge in [-0.1, -0.05) is 71.9 Å². The van der Waals surface area contributed by atoms with Crippen LogP contribution in [0.2, 0.25) is 0 Å². The lowest BCUT2D eigenvalue weighted by atomic mass is 9.83. The smallest absolute Gasteiger partial charge is 0.0208 e. The highest BCUT2D eigenvalue weighted by Gasteiger charge is 2.17. The zero-order valence-electron chi connectivity index (χ0n) is 13.9. The molecule has 0 radical (unpaired) electrons. The molecule has 0 aliphatic carbocycles. The third-order valence-electron chi connectivity index (χ3n) is 3.87. The van der Waals surface area contributed by atoms with E-state index in [1.54, 1.807) is 0 Å². The predicted octanol–water partition coefficient (Wildman–Crippen LogP) is 6.55. The van der Waals surface area contributed by atoms with Gasteiger partial charge in [0.05, 0.1) is 0 Å². The standard InChI is InChI=1S/C20H25I/c1-19(2,3)15-9-7-8-14(12-15)17-13-16(20(4,5)6)10-11-18(17)21/h7-13H,1-6H3. The Balaban J connectivity index is 2.57. The van der Waals surface area contributed by atoms with E-state index < -0.39 is 0 Å². The van der Waals surface area contributed by atoms with Crippen molar-refractivity contribution in [3.63, 3.8) is 0 Å². The van der Waals surface area contributed by atoms with E-state index in [2.05, 4.69) is 107 Å². The van der Waals surface area contributed by atoms with Crippen LogP contribution in [0.3, 0.4) is 0 Å². The van der Waals surface area contributed by atoms with Crippen LogP contribution in [0, 0.1) is 3.57 Å². The summed E-state index contributed by atoms with van der Waals surface area (Å²) in [5.41, 5.74) is 5.80. The van der Waals surface area contributed by atoms with E-state index in [9.17, 15) is 0 Å². The summed E-state index contributed by atoms with van der Waals surface area (Å²) in [6, 6.07) is 15.8. The minimum absolute atomic E-state index is 0.181. The van der Waals surface area contributed by atoms with E-state index in [-0.39, 0.29) is 10.8 Å². The zero-order chi connectivity index (χ0) is 15.8. The van der Waals surface area contributed by atoms with Crippen molar-refractivity contribution in [3.8, 4) is 11.1 Å². The van der Waals surface area contributed by atoms with Gasteiger partial charge in [0.1, 0.15) is 0 Å². The molecule has 0 bridgehead atoms. The summed E-state index contributed by atoms with van der Waals surface area (Å²) in [6.45, 7) is 13.6. The van der Waals surface area contributed by atoms with Gasteiger partial charge in [0.25, 0.3) is 0 Å². The lowest BCUT2D eigenvalue weighted by Crippen LogP contribution is -2.12. The molecule has 0 aliphatic rings. The topological polar surface area (TPSA) is 0 Å². The molecular formula is C20H25I. The first-order chi connectivity index (χ1) is 9.59. The van der Waals surface area contributed by atoms with Crippen LogP contribution in [-0.4, -0.2) is 0 Å². The molecule has 21 heavy (non-hydrogen) atoms. The minimum atomic E-state index is 0.181. The Labute approximate surface area is 143 Å². The number of rotatable bonds is 1. The van der Waals surface area contributed by atoms with Gasteiger partial charge in [-0.3, -0.25) is 0 Å². The average Bonchev–Trinajstić information content (AvgIpc) is 2.37. The molecule has 112 valence electrons. The van der Waals surface area contributed by atoms with Gasteiger partial charge >= 0.3 is 0 Å². The van der Waals surface area contributed by atoms with Gasteiger partial charge < -0.3 is 0 Å². The Morgan fingerprint density at radius 2 is 1.29 bits per heavy atom. The van der Waals surface area contributed by atoms with Crippen LogP contribution in [-0.2, 0) is 10.8 Å². The molecule has 0 saturated heterocycles. The van der Waals surface area contributed by atoms with Crippen LogP contribution in [0.25, 0.3) is 11.1 Å². The largest absolute Gasteiger partial charge is 0.0614 e. The number of hydrogen-bond donors (Lipinski definition) is 0. The van der Waals surface area contributed by atoms with Crippen LogP contribution < -0.4 is 0 Å². The highest BCUT2D eigenvalue weighted by Crippen LogP contribution is 2.33. The average molecular weight is 392 g/mol. The van der Waals surface area contributed by atoms with Gasteiger partial charge in [-0.15, -0.1) is 0 Å². The van der Waals surface area contributed by atoms with Gasteiger partial charge in [-0.05, 0) is 67.8 Å². The second kappa shape index (κ2) is 5.75. The quantitative estimate of drug-likeness (QED) is 0.483. The van der Waals surface area contributed by atoms with Crippen molar-refractivity contribution in [2.75, 3.05) is 0 Å².